The van der Waals surface area contributed by atoms with Crippen LogP contribution in [0.25, 0.3) is 0 Å². The predicted molar refractivity (Wildman–Crippen MR) is 51.1 cm³/mol. The maximum atomic E-state index is 11.4. The highest BCUT2D eigenvalue weighted by atomic mass is 79.9. The van der Waals surface area contributed by atoms with Crippen molar-refractivity contribution in [1.82, 2.24) is 9.55 Å². The second-order valence-corrected chi connectivity index (χ2v) is 3.73. The molecule has 0 bridgehead atoms. The van der Waals surface area contributed by atoms with Crippen molar-refractivity contribution in [3.05, 3.63) is 16.6 Å². The van der Waals surface area contributed by atoms with Crippen LogP contribution in [0.4, 0.5) is 0 Å². The molecule has 0 unspecified atom stereocenters. The summed E-state index contributed by atoms with van der Waals surface area (Å²) < 4.78 is 12.0. The Bertz CT molecular complexity index is 359. The van der Waals surface area contributed by atoms with Gasteiger partial charge in [-0.1, -0.05) is 0 Å². The van der Waals surface area contributed by atoms with E-state index in [4.69, 9.17) is 4.74 Å². The van der Waals surface area contributed by atoms with Crippen molar-refractivity contribution in [1.29, 1.82) is 0 Å². The third-order valence-electron chi connectivity index (χ3n) is 2.14. The second kappa shape index (κ2) is 3.70. The smallest absolute Gasteiger partial charge is 0.357 e. The van der Waals surface area contributed by atoms with Gasteiger partial charge in [-0.2, -0.15) is 0 Å². The maximum Gasteiger partial charge on any atom is 0.357 e. The molecular weight excluding hydrogens is 252 g/mol. The Morgan fingerprint density at radius 2 is 2.50 bits per heavy atom. The molecule has 14 heavy (non-hydrogen) atoms. The highest BCUT2D eigenvalue weighted by Gasteiger charge is 2.27. The number of imidazole rings is 1. The van der Waals surface area contributed by atoms with Gasteiger partial charge in [-0.25, -0.2) is 9.78 Å². The fourth-order valence-electron chi connectivity index (χ4n) is 1.29. The Kier molecular flexibility index (Phi) is 2.56. The summed E-state index contributed by atoms with van der Waals surface area (Å²) in [5.41, 5.74) is 0.445. The van der Waals surface area contributed by atoms with Gasteiger partial charge in [-0.15, -0.1) is 0 Å². The van der Waals surface area contributed by atoms with Crippen LogP contribution < -0.4 is 0 Å². The summed E-state index contributed by atoms with van der Waals surface area (Å²) in [6.45, 7) is 1.24. The molecule has 0 radical (unpaired) electrons. The number of hydrogen-bond donors (Lipinski definition) is 0. The van der Waals surface area contributed by atoms with Gasteiger partial charge < -0.3 is 14.0 Å². The first kappa shape index (κ1) is 9.67. The zero-order valence-corrected chi connectivity index (χ0v) is 9.15. The van der Waals surface area contributed by atoms with Gasteiger partial charge in [0.05, 0.1) is 32.7 Å². The molecule has 0 aliphatic carbocycles. The number of esters is 1. The van der Waals surface area contributed by atoms with Crippen LogP contribution in [0.3, 0.4) is 0 Å². The van der Waals surface area contributed by atoms with E-state index in [2.05, 4.69) is 25.7 Å². The lowest BCUT2D eigenvalue weighted by Crippen LogP contribution is -2.32. The lowest BCUT2D eigenvalue weighted by atomic mass is 10.2. The first-order chi connectivity index (χ1) is 6.74. The monoisotopic (exact) mass is 260 g/mol. The van der Waals surface area contributed by atoms with Crippen LogP contribution in [0, 0.1) is 0 Å². The number of methoxy groups -OCH3 is 1. The number of ether oxygens (including phenoxy) is 2. The Balaban J connectivity index is 2.34. The Morgan fingerprint density at radius 3 is 3.00 bits per heavy atom. The van der Waals surface area contributed by atoms with Crippen molar-refractivity contribution in [3.8, 4) is 0 Å². The molecule has 0 atom stereocenters. The molecule has 0 spiro atoms. The van der Waals surface area contributed by atoms with Gasteiger partial charge >= 0.3 is 5.97 Å². The third-order valence-corrected chi connectivity index (χ3v) is 2.72. The minimum Gasteiger partial charge on any atom is -0.464 e. The number of aromatic nitrogens is 2. The van der Waals surface area contributed by atoms with Crippen molar-refractivity contribution >= 4 is 21.9 Å². The SMILES string of the molecule is COC(=O)c1c(Br)ncn1C1COC1. The summed E-state index contributed by atoms with van der Waals surface area (Å²) in [5.74, 6) is -0.388. The van der Waals surface area contributed by atoms with Gasteiger partial charge in [0.15, 0.2) is 5.69 Å². The zero-order chi connectivity index (χ0) is 10.1. The first-order valence-electron chi connectivity index (χ1n) is 4.12. The quantitative estimate of drug-likeness (QED) is 0.745. The van der Waals surface area contributed by atoms with Gasteiger partial charge in [0, 0.05) is 0 Å². The van der Waals surface area contributed by atoms with E-state index in [9.17, 15) is 4.79 Å². The highest BCUT2D eigenvalue weighted by molar-refractivity contribution is 9.10. The number of hydrogen-bond acceptors (Lipinski definition) is 4. The van der Waals surface area contributed by atoms with Crippen LogP contribution in [0.2, 0.25) is 0 Å². The van der Waals surface area contributed by atoms with Crippen LogP contribution in [0.5, 0.6) is 0 Å². The van der Waals surface area contributed by atoms with Crippen molar-refractivity contribution in [2.24, 2.45) is 0 Å². The molecule has 0 saturated carbocycles. The molecule has 1 aromatic rings. The molecule has 0 amide bonds. The standard InChI is InChI=1S/C8H9BrN2O3/c1-13-8(12)6-7(9)10-4-11(6)5-2-14-3-5/h4-5H,2-3H2,1H3. The van der Waals surface area contributed by atoms with E-state index >= 15 is 0 Å². The summed E-state index contributed by atoms with van der Waals surface area (Å²) in [6.07, 6.45) is 1.61. The Labute approximate surface area is 89.1 Å². The lowest BCUT2D eigenvalue weighted by Gasteiger charge is -2.28. The van der Waals surface area contributed by atoms with E-state index in [-0.39, 0.29) is 12.0 Å². The summed E-state index contributed by atoms with van der Waals surface area (Å²) >= 11 is 3.21. The molecule has 2 heterocycles. The Hall–Kier alpha value is -0.880. The van der Waals surface area contributed by atoms with Crippen molar-refractivity contribution in [2.45, 2.75) is 6.04 Å². The Morgan fingerprint density at radius 1 is 1.79 bits per heavy atom. The first-order valence-corrected chi connectivity index (χ1v) is 4.91. The van der Waals surface area contributed by atoms with E-state index in [1.54, 1.807) is 10.9 Å². The maximum absolute atomic E-state index is 11.4. The molecule has 1 aromatic heterocycles. The van der Waals surface area contributed by atoms with E-state index < -0.39 is 0 Å². The number of nitrogens with zero attached hydrogens (tertiary/aromatic N) is 2. The van der Waals surface area contributed by atoms with Crippen LogP contribution in [0.1, 0.15) is 16.5 Å². The van der Waals surface area contributed by atoms with E-state index in [1.807, 2.05) is 0 Å². The minimum atomic E-state index is -0.388. The second-order valence-electron chi connectivity index (χ2n) is 2.97. The van der Waals surface area contributed by atoms with E-state index in [0.717, 1.165) is 0 Å². The van der Waals surface area contributed by atoms with Crippen molar-refractivity contribution in [3.63, 3.8) is 0 Å². The van der Waals surface area contributed by atoms with Gasteiger partial charge in [0.25, 0.3) is 0 Å². The normalized spacial score (nSPS) is 16.4. The van der Waals surface area contributed by atoms with Crippen molar-refractivity contribution < 1.29 is 14.3 Å². The van der Waals surface area contributed by atoms with Crippen LogP contribution in [0.15, 0.2) is 10.9 Å². The molecule has 76 valence electrons. The van der Waals surface area contributed by atoms with E-state index in [1.165, 1.54) is 7.11 Å². The van der Waals surface area contributed by atoms with Crippen LogP contribution >= 0.6 is 15.9 Å². The summed E-state index contributed by atoms with van der Waals surface area (Å²) in [5, 5.41) is 0. The number of carbonyl (C=O) groups excluding carboxylic acids is 1. The summed E-state index contributed by atoms with van der Waals surface area (Å²) in [6, 6.07) is 0.197. The van der Waals surface area contributed by atoms with Crippen LogP contribution in [-0.2, 0) is 9.47 Å². The molecule has 0 N–H and O–H groups in total. The molecule has 1 aliphatic rings. The lowest BCUT2D eigenvalue weighted by molar-refractivity contribution is -0.0248. The van der Waals surface area contributed by atoms with Gasteiger partial charge in [0.1, 0.15) is 4.60 Å². The molecule has 1 fully saturated rings. The van der Waals surface area contributed by atoms with Crippen LogP contribution in [-0.4, -0.2) is 35.8 Å². The molecule has 2 rings (SSSR count). The molecule has 1 aliphatic heterocycles. The van der Waals surface area contributed by atoms with E-state index in [0.29, 0.717) is 23.5 Å². The average molecular weight is 261 g/mol. The highest BCUT2D eigenvalue weighted by Crippen LogP contribution is 2.24. The average Bonchev–Trinajstić information content (AvgIpc) is 2.44. The summed E-state index contributed by atoms with van der Waals surface area (Å²) in [7, 11) is 1.35. The summed E-state index contributed by atoms with van der Waals surface area (Å²) in [4.78, 5) is 15.4. The number of carbonyl (C=O) groups is 1. The fraction of sp³-hybridized carbons (Fsp3) is 0.500. The molecule has 1 saturated heterocycles. The van der Waals surface area contributed by atoms with Gasteiger partial charge in [-0.3, -0.25) is 0 Å². The van der Waals surface area contributed by atoms with Crippen molar-refractivity contribution in [2.75, 3.05) is 20.3 Å². The predicted octanol–water partition coefficient (Wildman–Crippen LogP) is 1.00. The number of rotatable bonds is 2. The molecule has 5 nitrogen and oxygen atoms in total. The van der Waals surface area contributed by atoms with Gasteiger partial charge in [-0.05, 0) is 15.9 Å². The van der Waals surface area contributed by atoms with Gasteiger partial charge in [0.2, 0.25) is 0 Å². The fourth-order valence-corrected chi connectivity index (χ4v) is 1.74. The topological polar surface area (TPSA) is 53.3 Å². The minimum absolute atomic E-state index is 0.197. The largest absolute Gasteiger partial charge is 0.464 e. The molecule has 0 aromatic carbocycles. The number of halogens is 1. The molecule has 6 heteroatoms. The molecular formula is C8H9BrN2O3. The zero-order valence-electron chi connectivity index (χ0n) is 7.57. The third kappa shape index (κ3) is 1.44.